The maximum Gasteiger partial charge on any atom is 0.414 e. The molecule has 32 heavy (non-hydrogen) atoms. The van der Waals surface area contributed by atoms with Crippen LogP contribution in [0.1, 0.15) is 75.3 Å². The number of aliphatic hydroxyl groups excluding tert-OH is 2. The first-order valence-corrected chi connectivity index (χ1v) is 11.9. The highest BCUT2D eigenvalue weighted by Gasteiger charge is 2.63. The van der Waals surface area contributed by atoms with E-state index in [1.165, 1.54) is 5.56 Å². The molecule has 2 fully saturated rings. The Hall–Kier alpha value is -1.53. The summed E-state index contributed by atoms with van der Waals surface area (Å²) in [5.74, 6) is 0.955. The SMILES string of the molecule is C=C[C@@]12CCc3cc(O)ccc3[C@H]1[C@@H](CCCCC(O)C(F)(F)F)C[C@@]1(C)[C@H]2CC[C@@H]1O. The van der Waals surface area contributed by atoms with Crippen molar-refractivity contribution in [3.63, 3.8) is 0 Å². The van der Waals surface area contributed by atoms with Crippen LogP contribution >= 0.6 is 0 Å². The molecular formula is C26H35F3O3. The van der Waals surface area contributed by atoms with Crippen LogP contribution < -0.4 is 0 Å². The Morgan fingerprint density at radius 1 is 1.25 bits per heavy atom. The normalized spacial score (nSPS) is 37.3. The minimum atomic E-state index is -4.57. The number of hydrogen-bond acceptors (Lipinski definition) is 3. The Labute approximate surface area is 188 Å². The molecule has 0 aliphatic heterocycles. The zero-order valence-corrected chi connectivity index (χ0v) is 18.7. The molecule has 1 aromatic rings. The number of unbranched alkanes of at least 4 members (excludes halogenated alkanes) is 1. The van der Waals surface area contributed by atoms with Crippen LogP contribution in [-0.4, -0.2) is 33.7 Å². The van der Waals surface area contributed by atoms with Crippen molar-refractivity contribution in [2.45, 2.75) is 89.0 Å². The topological polar surface area (TPSA) is 60.7 Å². The second-order valence-corrected chi connectivity index (χ2v) is 10.6. The molecule has 0 radical (unpaired) electrons. The van der Waals surface area contributed by atoms with Crippen molar-refractivity contribution in [1.29, 1.82) is 0 Å². The molecule has 0 aromatic heterocycles. The first kappa shape index (κ1) is 23.6. The molecule has 3 nitrogen and oxygen atoms in total. The number of aromatic hydroxyl groups is 1. The molecule has 3 aliphatic carbocycles. The smallest absolute Gasteiger partial charge is 0.414 e. The van der Waals surface area contributed by atoms with Gasteiger partial charge in [0.15, 0.2) is 0 Å². The summed E-state index contributed by atoms with van der Waals surface area (Å²) in [6.07, 6.45) is 0.612. The predicted molar refractivity (Wildman–Crippen MR) is 117 cm³/mol. The number of aliphatic hydroxyl groups is 2. The first-order chi connectivity index (χ1) is 15.0. The molecule has 3 aliphatic rings. The third kappa shape index (κ3) is 3.77. The van der Waals surface area contributed by atoms with E-state index in [0.29, 0.717) is 18.8 Å². The van der Waals surface area contributed by atoms with E-state index in [4.69, 9.17) is 0 Å². The number of phenolic OH excluding ortho intramolecular Hbond substituents is 1. The quantitative estimate of drug-likeness (QED) is 0.373. The van der Waals surface area contributed by atoms with Crippen molar-refractivity contribution < 1.29 is 28.5 Å². The molecule has 0 bridgehead atoms. The molecule has 178 valence electrons. The summed E-state index contributed by atoms with van der Waals surface area (Å²) in [6, 6.07) is 5.59. The third-order valence-corrected chi connectivity index (χ3v) is 9.04. The highest BCUT2D eigenvalue weighted by molar-refractivity contribution is 5.43. The zero-order chi connectivity index (χ0) is 23.3. The Morgan fingerprint density at radius 2 is 2.00 bits per heavy atom. The van der Waals surface area contributed by atoms with Gasteiger partial charge in [0.2, 0.25) is 0 Å². The van der Waals surface area contributed by atoms with Gasteiger partial charge in [-0.15, -0.1) is 6.58 Å². The van der Waals surface area contributed by atoms with Crippen LogP contribution in [0.25, 0.3) is 0 Å². The number of halogens is 3. The van der Waals surface area contributed by atoms with E-state index in [1.807, 2.05) is 12.1 Å². The summed E-state index contributed by atoms with van der Waals surface area (Å²) in [5, 5.41) is 30.3. The van der Waals surface area contributed by atoms with Crippen molar-refractivity contribution in [3.05, 3.63) is 42.0 Å². The van der Waals surface area contributed by atoms with Crippen LogP contribution in [0.3, 0.4) is 0 Å². The lowest BCUT2D eigenvalue weighted by Crippen LogP contribution is -2.54. The molecule has 1 aromatic carbocycles. The van der Waals surface area contributed by atoms with E-state index in [2.05, 4.69) is 19.6 Å². The van der Waals surface area contributed by atoms with Gasteiger partial charge in [-0.1, -0.05) is 31.9 Å². The van der Waals surface area contributed by atoms with Crippen molar-refractivity contribution >= 4 is 0 Å². The summed E-state index contributed by atoms with van der Waals surface area (Å²) in [6.45, 7) is 6.44. The first-order valence-electron chi connectivity index (χ1n) is 11.9. The Balaban J connectivity index is 1.63. The van der Waals surface area contributed by atoms with Crippen molar-refractivity contribution in [1.82, 2.24) is 0 Å². The number of allylic oxidation sites excluding steroid dienone is 1. The minimum Gasteiger partial charge on any atom is -0.508 e. The van der Waals surface area contributed by atoms with Crippen LogP contribution in [0.2, 0.25) is 0 Å². The van der Waals surface area contributed by atoms with Crippen molar-refractivity contribution in [3.8, 4) is 5.75 Å². The summed E-state index contributed by atoms with van der Waals surface area (Å²) < 4.78 is 38.0. The monoisotopic (exact) mass is 452 g/mol. The molecule has 7 atom stereocenters. The van der Waals surface area contributed by atoms with Gasteiger partial charge in [0.1, 0.15) is 11.9 Å². The van der Waals surface area contributed by atoms with Crippen LogP contribution in [0.4, 0.5) is 13.2 Å². The number of hydrogen-bond donors (Lipinski definition) is 3. The standard InChI is InChI=1S/C26H35F3O3/c1-3-25-13-12-16-14-18(30)8-9-19(16)23(25)17(6-4-5-7-22(32)26(27,28)29)15-24(2)20(25)10-11-21(24)31/h3,8-9,14,17,20-23,30-32H,1,4-7,10-13,15H2,2H3/t17-,20+,21-,22?,23+,24-,25-/m0/s1. The van der Waals surface area contributed by atoms with Crippen molar-refractivity contribution in [2.75, 3.05) is 0 Å². The molecule has 4 rings (SSSR count). The van der Waals surface area contributed by atoms with Gasteiger partial charge in [0, 0.05) is 0 Å². The Morgan fingerprint density at radius 3 is 2.69 bits per heavy atom. The summed E-state index contributed by atoms with van der Waals surface area (Å²) in [7, 11) is 0. The second kappa shape index (κ2) is 8.35. The number of fused-ring (bicyclic) bond motifs is 5. The van der Waals surface area contributed by atoms with E-state index in [0.717, 1.165) is 44.1 Å². The number of benzene rings is 1. The van der Waals surface area contributed by atoms with Crippen LogP contribution in [0.5, 0.6) is 5.75 Å². The van der Waals surface area contributed by atoms with Gasteiger partial charge in [-0.3, -0.25) is 0 Å². The van der Waals surface area contributed by atoms with E-state index in [9.17, 15) is 28.5 Å². The number of phenols is 1. The van der Waals surface area contributed by atoms with Gasteiger partial charge in [-0.2, -0.15) is 13.2 Å². The maximum atomic E-state index is 12.7. The molecule has 0 spiro atoms. The molecule has 0 amide bonds. The van der Waals surface area contributed by atoms with Crippen LogP contribution in [-0.2, 0) is 6.42 Å². The van der Waals surface area contributed by atoms with Gasteiger partial charge in [-0.25, -0.2) is 0 Å². The van der Waals surface area contributed by atoms with Crippen LogP contribution in [0.15, 0.2) is 30.9 Å². The molecular weight excluding hydrogens is 417 g/mol. The fraction of sp³-hybridized carbons (Fsp3) is 0.692. The number of alkyl halides is 3. The lowest BCUT2D eigenvalue weighted by atomic mass is 9.44. The summed E-state index contributed by atoms with van der Waals surface area (Å²) in [5.41, 5.74) is 1.98. The van der Waals surface area contributed by atoms with Gasteiger partial charge < -0.3 is 15.3 Å². The highest BCUT2D eigenvalue weighted by atomic mass is 19.4. The molecule has 2 saturated carbocycles. The molecule has 3 N–H and O–H groups in total. The minimum absolute atomic E-state index is 0.162. The summed E-state index contributed by atoms with van der Waals surface area (Å²) >= 11 is 0. The third-order valence-electron chi connectivity index (χ3n) is 9.04. The molecule has 0 saturated heterocycles. The molecule has 0 heterocycles. The van der Waals surface area contributed by atoms with E-state index in [1.54, 1.807) is 6.07 Å². The largest absolute Gasteiger partial charge is 0.508 e. The fourth-order valence-electron chi connectivity index (χ4n) is 7.60. The highest BCUT2D eigenvalue weighted by Crippen LogP contribution is 2.69. The van der Waals surface area contributed by atoms with Crippen LogP contribution in [0, 0.1) is 22.7 Å². The van der Waals surface area contributed by atoms with E-state index < -0.39 is 12.3 Å². The lowest BCUT2D eigenvalue weighted by Gasteiger charge is -2.60. The second-order valence-electron chi connectivity index (χ2n) is 10.6. The van der Waals surface area contributed by atoms with Gasteiger partial charge in [-0.05, 0) is 96.8 Å². The number of rotatable bonds is 6. The van der Waals surface area contributed by atoms with E-state index in [-0.39, 0.29) is 40.9 Å². The predicted octanol–water partition coefficient (Wildman–Crippen LogP) is 5.88. The van der Waals surface area contributed by atoms with Crippen molar-refractivity contribution in [2.24, 2.45) is 22.7 Å². The lowest BCUT2D eigenvalue weighted by molar-refractivity contribution is -0.205. The Kier molecular flexibility index (Phi) is 6.17. The van der Waals surface area contributed by atoms with Gasteiger partial charge in [0.25, 0.3) is 0 Å². The maximum absolute atomic E-state index is 12.7. The average Bonchev–Trinajstić information content (AvgIpc) is 3.04. The molecule has 6 heteroatoms. The van der Waals surface area contributed by atoms with Gasteiger partial charge in [0.05, 0.1) is 6.10 Å². The molecule has 1 unspecified atom stereocenters. The van der Waals surface area contributed by atoms with Gasteiger partial charge >= 0.3 is 6.18 Å². The summed E-state index contributed by atoms with van der Waals surface area (Å²) in [4.78, 5) is 0. The zero-order valence-electron chi connectivity index (χ0n) is 18.7. The average molecular weight is 453 g/mol. The Bertz CT molecular complexity index is 853. The van der Waals surface area contributed by atoms with E-state index >= 15 is 0 Å². The number of aryl methyl sites for hydroxylation is 1. The fourth-order valence-corrected chi connectivity index (χ4v) is 7.60.